The van der Waals surface area contributed by atoms with Crippen molar-refractivity contribution < 1.29 is 9.32 Å². The van der Waals surface area contributed by atoms with E-state index in [0.29, 0.717) is 5.89 Å². The minimum Gasteiger partial charge on any atom is -0.342 e. The molecule has 1 aliphatic heterocycles. The van der Waals surface area contributed by atoms with Crippen LogP contribution in [0.3, 0.4) is 0 Å². The first kappa shape index (κ1) is 14.3. The summed E-state index contributed by atoms with van der Waals surface area (Å²) in [7, 11) is 0. The molecule has 0 bridgehead atoms. The zero-order chi connectivity index (χ0) is 14.8. The van der Waals surface area contributed by atoms with Gasteiger partial charge in [-0.3, -0.25) is 4.79 Å². The molecule has 1 aliphatic carbocycles. The highest BCUT2D eigenvalue weighted by atomic mass is 16.5. The second kappa shape index (κ2) is 6.00. The quantitative estimate of drug-likeness (QED) is 0.803. The average Bonchev–Trinajstić information content (AvgIpc) is 3.18. The Labute approximate surface area is 125 Å². The third-order valence-corrected chi connectivity index (χ3v) is 4.41. The molecule has 0 unspecified atom stereocenters. The van der Waals surface area contributed by atoms with Crippen molar-refractivity contribution >= 4 is 5.91 Å². The Morgan fingerprint density at radius 3 is 2.81 bits per heavy atom. The molecule has 1 aromatic rings. The van der Waals surface area contributed by atoms with E-state index < -0.39 is 0 Å². The van der Waals surface area contributed by atoms with Crippen LogP contribution in [0.4, 0.5) is 0 Å². The van der Waals surface area contributed by atoms with E-state index in [4.69, 9.17) is 4.52 Å². The highest BCUT2D eigenvalue weighted by molar-refractivity contribution is 5.79. The summed E-state index contributed by atoms with van der Waals surface area (Å²) in [4.78, 5) is 19.0. The van der Waals surface area contributed by atoms with E-state index in [1.807, 2.05) is 18.7 Å². The molecule has 1 aromatic heterocycles. The summed E-state index contributed by atoms with van der Waals surface area (Å²) in [5.74, 6) is 2.36. The predicted molar refractivity (Wildman–Crippen MR) is 78.8 cm³/mol. The number of amides is 1. The highest BCUT2D eigenvalue weighted by Gasteiger charge is 2.31. The molecule has 0 aromatic carbocycles. The number of aromatic nitrogens is 2. The van der Waals surface area contributed by atoms with Crippen molar-refractivity contribution in [2.75, 3.05) is 13.1 Å². The fourth-order valence-electron chi connectivity index (χ4n) is 3.11. The van der Waals surface area contributed by atoms with Crippen molar-refractivity contribution in [2.24, 2.45) is 5.92 Å². The van der Waals surface area contributed by atoms with Crippen molar-refractivity contribution in [3.63, 3.8) is 0 Å². The summed E-state index contributed by atoms with van der Waals surface area (Å²) in [6, 6.07) is 0. The van der Waals surface area contributed by atoms with Gasteiger partial charge in [0.05, 0.1) is 0 Å². The second-order valence-electron chi connectivity index (χ2n) is 6.41. The number of carbonyl (C=O) groups is 1. The van der Waals surface area contributed by atoms with Crippen LogP contribution in [0, 0.1) is 5.92 Å². The molecule has 0 saturated carbocycles. The molecule has 5 heteroatoms. The number of likely N-dealkylation sites (tertiary alicyclic amines) is 1. The molecule has 2 aliphatic rings. The maximum Gasteiger partial charge on any atom is 0.229 e. The highest BCUT2D eigenvalue weighted by Crippen LogP contribution is 2.29. The maximum absolute atomic E-state index is 12.5. The van der Waals surface area contributed by atoms with Crippen LogP contribution in [-0.2, 0) is 4.79 Å². The van der Waals surface area contributed by atoms with Gasteiger partial charge < -0.3 is 9.42 Å². The van der Waals surface area contributed by atoms with Crippen molar-refractivity contribution in [3.8, 4) is 0 Å². The Hall–Kier alpha value is -1.65. The molecule has 1 atom stereocenters. The van der Waals surface area contributed by atoms with Crippen LogP contribution in [0.2, 0.25) is 0 Å². The Kier molecular flexibility index (Phi) is 4.08. The number of allylic oxidation sites excluding steroid dienone is 2. The molecule has 0 spiro atoms. The van der Waals surface area contributed by atoms with E-state index >= 15 is 0 Å². The maximum atomic E-state index is 12.5. The summed E-state index contributed by atoms with van der Waals surface area (Å²) in [5, 5.41) is 4.12. The lowest BCUT2D eigenvalue weighted by molar-refractivity contribution is -0.136. The van der Waals surface area contributed by atoms with Crippen LogP contribution in [-0.4, -0.2) is 34.0 Å². The fraction of sp³-hybridized carbons (Fsp3) is 0.688. The summed E-state index contributed by atoms with van der Waals surface area (Å²) < 4.78 is 5.30. The number of carbonyl (C=O) groups excluding carboxylic acids is 1. The molecular formula is C16H23N3O2. The molecular weight excluding hydrogens is 266 g/mol. The molecule has 1 fully saturated rings. The molecule has 21 heavy (non-hydrogen) atoms. The Balaban J connectivity index is 1.66. The third-order valence-electron chi connectivity index (χ3n) is 4.41. The van der Waals surface area contributed by atoms with Gasteiger partial charge in [0.1, 0.15) is 0 Å². The molecule has 0 radical (unpaired) electrons. The molecule has 1 saturated heterocycles. The van der Waals surface area contributed by atoms with Crippen molar-refractivity contribution in [1.82, 2.24) is 15.0 Å². The number of piperidine rings is 1. The van der Waals surface area contributed by atoms with Gasteiger partial charge in [-0.2, -0.15) is 4.98 Å². The summed E-state index contributed by atoms with van der Waals surface area (Å²) in [5.41, 5.74) is 0. The van der Waals surface area contributed by atoms with E-state index in [-0.39, 0.29) is 23.7 Å². The Morgan fingerprint density at radius 1 is 1.38 bits per heavy atom. The van der Waals surface area contributed by atoms with Gasteiger partial charge in [-0.15, -0.1) is 0 Å². The molecule has 2 heterocycles. The van der Waals surface area contributed by atoms with E-state index in [2.05, 4.69) is 22.3 Å². The van der Waals surface area contributed by atoms with Gasteiger partial charge in [0.15, 0.2) is 5.82 Å². The summed E-state index contributed by atoms with van der Waals surface area (Å²) in [6.07, 6.45) is 8.04. The number of rotatable bonds is 3. The summed E-state index contributed by atoms with van der Waals surface area (Å²) >= 11 is 0. The first-order valence-corrected chi connectivity index (χ1v) is 7.92. The molecule has 0 N–H and O–H groups in total. The minimum absolute atomic E-state index is 0.153. The Morgan fingerprint density at radius 2 is 2.14 bits per heavy atom. The van der Waals surface area contributed by atoms with Crippen LogP contribution in [0.25, 0.3) is 0 Å². The van der Waals surface area contributed by atoms with Crippen LogP contribution >= 0.6 is 0 Å². The normalized spacial score (nSPS) is 23.2. The summed E-state index contributed by atoms with van der Waals surface area (Å²) in [6.45, 7) is 5.68. The topological polar surface area (TPSA) is 59.2 Å². The van der Waals surface area contributed by atoms with Crippen LogP contribution in [0.1, 0.15) is 63.1 Å². The SMILES string of the molecule is CC(C)c1nc([C@@H]2CCCN(C(=O)C3CC=CC3)C2)no1. The molecule has 1 amide bonds. The van der Waals surface area contributed by atoms with Gasteiger partial charge in [0, 0.05) is 30.8 Å². The van der Waals surface area contributed by atoms with Gasteiger partial charge in [-0.1, -0.05) is 31.2 Å². The van der Waals surface area contributed by atoms with Crippen molar-refractivity contribution in [3.05, 3.63) is 23.9 Å². The van der Waals surface area contributed by atoms with Gasteiger partial charge >= 0.3 is 0 Å². The van der Waals surface area contributed by atoms with Crippen LogP contribution < -0.4 is 0 Å². The monoisotopic (exact) mass is 289 g/mol. The van der Waals surface area contributed by atoms with E-state index in [1.54, 1.807) is 0 Å². The lowest BCUT2D eigenvalue weighted by atomic mass is 9.95. The van der Waals surface area contributed by atoms with Crippen LogP contribution in [0.5, 0.6) is 0 Å². The lowest BCUT2D eigenvalue weighted by Crippen LogP contribution is -2.42. The van der Waals surface area contributed by atoms with Gasteiger partial charge in [-0.25, -0.2) is 0 Å². The number of hydrogen-bond acceptors (Lipinski definition) is 4. The van der Waals surface area contributed by atoms with Crippen molar-refractivity contribution in [2.45, 2.75) is 51.4 Å². The average molecular weight is 289 g/mol. The van der Waals surface area contributed by atoms with E-state index in [1.165, 1.54) is 0 Å². The smallest absolute Gasteiger partial charge is 0.229 e. The van der Waals surface area contributed by atoms with Gasteiger partial charge in [-0.05, 0) is 25.7 Å². The zero-order valence-electron chi connectivity index (χ0n) is 12.8. The third kappa shape index (κ3) is 3.01. The predicted octanol–water partition coefficient (Wildman–Crippen LogP) is 2.87. The minimum atomic E-state index is 0.153. The van der Waals surface area contributed by atoms with E-state index in [0.717, 1.165) is 44.6 Å². The van der Waals surface area contributed by atoms with Crippen LogP contribution in [0.15, 0.2) is 16.7 Å². The first-order chi connectivity index (χ1) is 10.1. The van der Waals surface area contributed by atoms with E-state index in [9.17, 15) is 4.79 Å². The van der Waals surface area contributed by atoms with Gasteiger partial charge in [0.2, 0.25) is 11.8 Å². The first-order valence-electron chi connectivity index (χ1n) is 7.92. The largest absolute Gasteiger partial charge is 0.342 e. The lowest BCUT2D eigenvalue weighted by Gasteiger charge is -2.33. The van der Waals surface area contributed by atoms with Gasteiger partial charge in [0.25, 0.3) is 0 Å². The molecule has 3 rings (SSSR count). The second-order valence-corrected chi connectivity index (χ2v) is 6.41. The molecule has 114 valence electrons. The number of nitrogens with zero attached hydrogens (tertiary/aromatic N) is 3. The zero-order valence-corrected chi connectivity index (χ0v) is 12.8. The Bertz CT molecular complexity index is 527. The number of hydrogen-bond donors (Lipinski definition) is 0. The van der Waals surface area contributed by atoms with Crippen molar-refractivity contribution in [1.29, 1.82) is 0 Å². The molecule has 5 nitrogen and oxygen atoms in total. The fourth-order valence-corrected chi connectivity index (χ4v) is 3.11. The standard InChI is InChI=1S/C16H23N3O2/c1-11(2)15-17-14(18-21-15)13-8-5-9-19(10-13)16(20)12-6-3-4-7-12/h3-4,11-13H,5-10H2,1-2H3/t13-/m1/s1.